The predicted octanol–water partition coefficient (Wildman–Crippen LogP) is 1.61. The Morgan fingerprint density at radius 3 is 2.41 bits per heavy atom. The van der Waals surface area contributed by atoms with Crippen LogP contribution in [0.2, 0.25) is 0 Å². The number of imidazole rings is 1. The van der Waals surface area contributed by atoms with E-state index < -0.39 is 30.1 Å². The van der Waals surface area contributed by atoms with Gasteiger partial charge in [-0.25, -0.2) is 9.78 Å². The number of hydrogen-bond donors (Lipinski definition) is 2. The fourth-order valence-corrected chi connectivity index (χ4v) is 2.12. The zero-order chi connectivity index (χ0) is 17.0. The quantitative estimate of drug-likeness (QED) is 0.836. The summed E-state index contributed by atoms with van der Waals surface area (Å²) in [5.41, 5.74) is -3.11. The maximum absolute atomic E-state index is 13.2. The van der Waals surface area contributed by atoms with Gasteiger partial charge in [0.25, 0.3) is 0 Å². The summed E-state index contributed by atoms with van der Waals surface area (Å²) in [4.78, 5) is 16.8. The molecule has 2 N–H and O–H groups in total. The SMILES string of the molecule is CCN(CC)C(=O)NCCC(O)(c1nccn1C)C(F)(F)F. The Hall–Kier alpha value is -1.77. The lowest BCUT2D eigenvalue weighted by molar-refractivity contribution is -0.272. The van der Waals surface area contributed by atoms with Gasteiger partial charge in [0.15, 0.2) is 0 Å². The summed E-state index contributed by atoms with van der Waals surface area (Å²) in [5, 5.41) is 12.5. The largest absolute Gasteiger partial charge is 0.424 e. The van der Waals surface area contributed by atoms with Gasteiger partial charge >= 0.3 is 12.2 Å². The summed E-state index contributed by atoms with van der Waals surface area (Å²) in [7, 11) is 1.37. The van der Waals surface area contributed by atoms with Crippen molar-refractivity contribution in [3.63, 3.8) is 0 Å². The summed E-state index contributed by atoms with van der Waals surface area (Å²) < 4.78 is 40.8. The van der Waals surface area contributed by atoms with Gasteiger partial charge in [0.1, 0.15) is 5.82 Å². The first kappa shape index (κ1) is 18.3. The lowest BCUT2D eigenvalue weighted by atomic mass is 9.97. The van der Waals surface area contributed by atoms with E-state index in [4.69, 9.17) is 0 Å². The molecule has 0 radical (unpaired) electrons. The van der Waals surface area contributed by atoms with Crippen molar-refractivity contribution in [1.29, 1.82) is 0 Å². The van der Waals surface area contributed by atoms with Crippen LogP contribution in [0.3, 0.4) is 0 Å². The molecule has 1 aromatic heterocycles. The molecule has 6 nitrogen and oxygen atoms in total. The number of nitrogens with one attached hydrogen (secondary N) is 1. The molecule has 1 unspecified atom stereocenters. The first-order valence-corrected chi connectivity index (χ1v) is 6.97. The Balaban J connectivity index is 2.81. The third kappa shape index (κ3) is 3.70. The molecule has 0 aliphatic heterocycles. The van der Waals surface area contributed by atoms with E-state index in [1.165, 1.54) is 24.3 Å². The van der Waals surface area contributed by atoms with Crippen LogP contribution < -0.4 is 5.32 Å². The fraction of sp³-hybridized carbons (Fsp3) is 0.692. The first-order chi connectivity index (χ1) is 10.2. The van der Waals surface area contributed by atoms with Crippen molar-refractivity contribution >= 4 is 6.03 Å². The van der Waals surface area contributed by atoms with Gasteiger partial charge in [-0.3, -0.25) is 0 Å². The smallest absolute Gasteiger partial charge is 0.374 e. The maximum Gasteiger partial charge on any atom is 0.424 e. The van der Waals surface area contributed by atoms with E-state index in [-0.39, 0.29) is 6.54 Å². The van der Waals surface area contributed by atoms with Crippen LogP contribution in [0.25, 0.3) is 0 Å². The molecule has 2 amide bonds. The van der Waals surface area contributed by atoms with Crippen LogP contribution in [-0.4, -0.2) is 51.4 Å². The molecule has 0 aliphatic carbocycles. The van der Waals surface area contributed by atoms with Gasteiger partial charge in [-0.05, 0) is 13.8 Å². The number of hydrogen-bond acceptors (Lipinski definition) is 3. The van der Waals surface area contributed by atoms with Crippen molar-refractivity contribution in [2.45, 2.75) is 32.0 Å². The van der Waals surface area contributed by atoms with Crippen LogP contribution >= 0.6 is 0 Å². The highest BCUT2D eigenvalue weighted by molar-refractivity contribution is 5.74. The molecule has 1 heterocycles. The Morgan fingerprint density at radius 2 is 2.00 bits per heavy atom. The zero-order valence-corrected chi connectivity index (χ0v) is 12.8. The topological polar surface area (TPSA) is 70.4 Å². The van der Waals surface area contributed by atoms with Crippen LogP contribution in [0.1, 0.15) is 26.1 Å². The molecule has 0 aliphatic rings. The van der Waals surface area contributed by atoms with Gasteiger partial charge in [-0.2, -0.15) is 13.2 Å². The van der Waals surface area contributed by atoms with E-state index in [0.717, 1.165) is 4.57 Å². The van der Waals surface area contributed by atoms with Crippen molar-refractivity contribution < 1.29 is 23.1 Å². The van der Waals surface area contributed by atoms with Gasteiger partial charge in [-0.1, -0.05) is 0 Å². The standard InChI is InChI=1S/C13H21F3N4O2/c1-4-20(5-2)11(21)18-7-6-12(22,13(14,15)16)10-17-8-9-19(10)3/h8-9,22H,4-7H2,1-3H3,(H,18,21). The summed E-state index contributed by atoms with van der Waals surface area (Å²) in [6.45, 7) is 4.11. The number of amides is 2. The average Bonchev–Trinajstić information content (AvgIpc) is 2.85. The number of carbonyl (C=O) groups is 1. The number of rotatable bonds is 6. The Bertz CT molecular complexity index is 500. The number of aromatic nitrogens is 2. The highest BCUT2D eigenvalue weighted by atomic mass is 19.4. The molecular weight excluding hydrogens is 301 g/mol. The van der Waals surface area contributed by atoms with Gasteiger partial charge in [0.2, 0.25) is 5.60 Å². The number of carbonyl (C=O) groups excluding carboxylic acids is 1. The molecular formula is C13H21F3N4O2. The maximum atomic E-state index is 13.2. The zero-order valence-electron chi connectivity index (χ0n) is 12.8. The third-order valence-corrected chi connectivity index (χ3v) is 3.47. The number of nitrogens with zero attached hydrogens (tertiary/aromatic N) is 3. The second-order valence-electron chi connectivity index (χ2n) is 4.87. The summed E-state index contributed by atoms with van der Waals surface area (Å²) >= 11 is 0. The number of urea groups is 1. The highest BCUT2D eigenvalue weighted by Gasteiger charge is 2.57. The molecule has 0 spiro atoms. The van der Waals surface area contributed by atoms with E-state index in [0.29, 0.717) is 13.1 Å². The van der Waals surface area contributed by atoms with Crippen molar-refractivity contribution in [2.24, 2.45) is 7.05 Å². The molecule has 126 valence electrons. The third-order valence-electron chi connectivity index (χ3n) is 3.47. The van der Waals surface area contributed by atoms with E-state index in [9.17, 15) is 23.1 Å². The molecule has 1 rings (SSSR count). The molecule has 0 bridgehead atoms. The number of aliphatic hydroxyl groups is 1. The molecule has 0 saturated heterocycles. The molecule has 1 aromatic rings. The summed E-state index contributed by atoms with van der Waals surface area (Å²) in [6.07, 6.45) is -3.11. The van der Waals surface area contributed by atoms with Crippen LogP contribution in [-0.2, 0) is 12.6 Å². The normalized spacial score (nSPS) is 14.5. The van der Waals surface area contributed by atoms with Crippen LogP contribution in [0.4, 0.5) is 18.0 Å². The minimum absolute atomic E-state index is 0.321. The molecule has 0 aromatic carbocycles. The summed E-state index contributed by atoms with van der Waals surface area (Å²) in [6, 6.07) is -0.464. The molecule has 0 fully saturated rings. The van der Waals surface area contributed by atoms with Crippen molar-refractivity contribution in [3.05, 3.63) is 18.2 Å². The summed E-state index contributed by atoms with van der Waals surface area (Å²) in [5.74, 6) is -0.503. The lowest BCUT2D eigenvalue weighted by Crippen LogP contribution is -2.48. The average molecular weight is 322 g/mol. The van der Waals surface area contributed by atoms with Gasteiger partial charge < -0.3 is 19.9 Å². The van der Waals surface area contributed by atoms with E-state index >= 15 is 0 Å². The van der Waals surface area contributed by atoms with E-state index in [1.54, 1.807) is 13.8 Å². The second kappa shape index (κ2) is 6.99. The Labute approximate surface area is 126 Å². The minimum Gasteiger partial charge on any atom is -0.374 e. The monoisotopic (exact) mass is 322 g/mol. The molecule has 9 heteroatoms. The van der Waals surface area contributed by atoms with Crippen LogP contribution in [0, 0.1) is 0 Å². The number of aryl methyl sites for hydroxylation is 1. The molecule has 0 saturated carbocycles. The van der Waals surface area contributed by atoms with Gasteiger partial charge in [0.05, 0.1) is 0 Å². The molecule has 22 heavy (non-hydrogen) atoms. The number of halogens is 3. The van der Waals surface area contributed by atoms with Gasteiger partial charge in [-0.15, -0.1) is 0 Å². The minimum atomic E-state index is -4.90. The fourth-order valence-electron chi connectivity index (χ4n) is 2.12. The second-order valence-corrected chi connectivity index (χ2v) is 4.87. The van der Waals surface area contributed by atoms with Crippen molar-refractivity contribution in [3.8, 4) is 0 Å². The highest BCUT2D eigenvalue weighted by Crippen LogP contribution is 2.40. The van der Waals surface area contributed by atoms with Crippen molar-refractivity contribution in [1.82, 2.24) is 19.8 Å². The van der Waals surface area contributed by atoms with Crippen molar-refractivity contribution in [2.75, 3.05) is 19.6 Å². The first-order valence-electron chi connectivity index (χ1n) is 6.97. The van der Waals surface area contributed by atoms with Crippen LogP contribution in [0.5, 0.6) is 0 Å². The molecule has 1 atom stereocenters. The lowest BCUT2D eigenvalue weighted by Gasteiger charge is -2.30. The van der Waals surface area contributed by atoms with E-state index in [2.05, 4.69) is 10.3 Å². The Kier molecular flexibility index (Phi) is 5.81. The predicted molar refractivity (Wildman–Crippen MR) is 74.1 cm³/mol. The van der Waals surface area contributed by atoms with Crippen LogP contribution in [0.15, 0.2) is 12.4 Å². The Morgan fingerprint density at radius 1 is 1.41 bits per heavy atom. The van der Waals surface area contributed by atoms with Gasteiger partial charge in [0, 0.05) is 45.5 Å². The van der Waals surface area contributed by atoms with E-state index in [1.807, 2.05) is 0 Å². The number of alkyl halides is 3.